The van der Waals surface area contributed by atoms with Crippen LogP contribution in [0.5, 0.6) is 0 Å². The molecule has 0 aliphatic rings. The fourth-order valence-electron chi connectivity index (χ4n) is 2.24. The molecule has 2 rings (SSSR count). The minimum absolute atomic E-state index is 0.0249. The number of halogens is 1. The first-order valence-corrected chi connectivity index (χ1v) is 6.16. The largest absolute Gasteiger partial charge is 0.469 e. The van der Waals surface area contributed by atoms with E-state index in [-0.39, 0.29) is 11.9 Å². The molecule has 96 valence electrons. The van der Waals surface area contributed by atoms with E-state index in [0.29, 0.717) is 0 Å². The molecule has 1 unspecified atom stereocenters. The summed E-state index contributed by atoms with van der Waals surface area (Å²) in [5.74, 6) is 0.664. The van der Waals surface area contributed by atoms with Crippen LogP contribution in [-0.4, -0.2) is 6.54 Å². The normalized spacial score (nSPS) is 12.7. The van der Waals surface area contributed by atoms with Crippen LogP contribution >= 0.6 is 0 Å². The molecule has 0 amide bonds. The van der Waals surface area contributed by atoms with Crippen molar-refractivity contribution in [1.82, 2.24) is 5.32 Å². The highest BCUT2D eigenvalue weighted by Gasteiger charge is 2.17. The number of hydrogen-bond donors (Lipinski definition) is 1. The molecule has 0 saturated carbocycles. The first-order valence-electron chi connectivity index (χ1n) is 6.16. The van der Waals surface area contributed by atoms with Gasteiger partial charge in [0.1, 0.15) is 11.6 Å². The topological polar surface area (TPSA) is 25.2 Å². The third kappa shape index (κ3) is 2.62. The van der Waals surface area contributed by atoms with Gasteiger partial charge in [-0.3, -0.25) is 0 Å². The molecule has 2 nitrogen and oxygen atoms in total. The Bertz CT molecular complexity index is 513. The number of aryl methyl sites for hydroxylation is 2. The summed E-state index contributed by atoms with van der Waals surface area (Å²) in [7, 11) is 0. The molecule has 0 fully saturated rings. The van der Waals surface area contributed by atoms with E-state index >= 15 is 0 Å². The van der Waals surface area contributed by atoms with Crippen molar-refractivity contribution in [2.24, 2.45) is 0 Å². The Kier molecular flexibility index (Phi) is 3.82. The van der Waals surface area contributed by atoms with Crippen molar-refractivity contribution in [3.63, 3.8) is 0 Å². The van der Waals surface area contributed by atoms with E-state index in [1.165, 1.54) is 6.07 Å². The molecule has 2 aromatic rings. The number of nitrogens with one attached hydrogen (secondary N) is 1. The maximum absolute atomic E-state index is 13.5. The van der Waals surface area contributed by atoms with E-state index in [0.717, 1.165) is 29.0 Å². The van der Waals surface area contributed by atoms with Crippen molar-refractivity contribution in [2.75, 3.05) is 6.54 Å². The lowest BCUT2D eigenvalue weighted by atomic mass is 9.97. The molecule has 0 radical (unpaired) electrons. The molecule has 1 aromatic heterocycles. The van der Waals surface area contributed by atoms with Crippen molar-refractivity contribution in [1.29, 1.82) is 0 Å². The van der Waals surface area contributed by atoms with Gasteiger partial charge in [-0.25, -0.2) is 4.39 Å². The zero-order chi connectivity index (χ0) is 13.1. The van der Waals surface area contributed by atoms with E-state index in [1.807, 2.05) is 32.9 Å². The molecule has 1 N–H and O–H groups in total. The van der Waals surface area contributed by atoms with Gasteiger partial charge in [-0.05, 0) is 49.7 Å². The van der Waals surface area contributed by atoms with Crippen LogP contribution in [-0.2, 0) is 0 Å². The van der Waals surface area contributed by atoms with Crippen LogP contribution < -0.4 is 5.32 Å². The second-order valence-corrected chi connectivity index (χ2v) is 4.48. The molecule has 0 aliphatic carbocycles. The third-order valence-electron chi connectivity index (χ3n) is 3.02. The SMILES string of the molecule is CCNC(c1cc(C)cc(F)c1)c1ccoc1C. The van der Waals surface area contributed by atoms with Crippen molar-refractivity contribution < 1.29 is 8.81 Å². The average Bonchev–Trinajstić information content (AvgIpc) is 2.71. The Morgan fingerprint density at radius 1 is 1.28 bits per heavy atom. The Morgan fingerprint density at radius 3 is 2.61 bits per heavy atom. The van der Waals surface area contributed by atoms with Crippen LogP contribution in [0.25, 0.3) is 0 Å². The highest BCUT2D eigenvalue weighted by atomic mass is 19.1. The summed E-state index contributed by atoms with van der Waals surface area (Å²) in [6, 6.07) is 7.02. The smallest absolute Gasteiger partial charge is 0.123 e. The number of rotatable bonds is 4. The van der Waals surface area contributed by atoms with Gasteiger partial charge in [0.2, 0.25) is 0 Å². The van der Waals surface area contributed by atoms with Crippen LogP contribution in [0.3, 0.4) is 0 Å². The lowest BCUT2D eigenvalue weighted by molar-refractivity contribution is 0.519. The van der Waals surface area contributed by atoms with E-state index in [9.17, 15) is 4.39 Å². The Morgan fingerprint density at radius 2 is 2.06 bits per heavy atom. The van der Waals surface area contributed by atoms with Crippen molar-refractivity contribution in [3.05, 3.63) is 58.8 Å². The molecule has 18 heavy (non-hydrogen) atoms. The predicted octanol–water partition coefficient (Wildman–Crippen LogP) is 3.73. The first-order chi connectivity index (χ1) is 8.61. The number of hydrogen-bond acceptors (Lipinski definition) is 2. The maximum Gasteiger partial charge on any atom is 0.123 e. The summed E-state index contributed by atoms with van der Waals surface area (Å²) in [5, 5.41) is 3.37. The van der Waals surface area contributed by atoms with Gasteiger partial charge in [0, 0.05) is 5.56 Å². The second kappa shape index (κ2) is 5.36. The maximum atomic E-state index is 13.5. The van der Waals surface area contributed by atoms with Gasteiger partial charge < -0.3 is 9.73 Å². The minimum Gasteiger partial charge on any atom is -0.469 e. The number of benzene rings is 1. The molecular formula is C15H18FNO. The Labute approximate surface area is 107 Å². The quantitative estimate of drug-likeness (QED) is 0.890. The average molecular weight is 247 g/mol. The molecule has 3 heteroatoms. The molecule has 0 bridgehead atoms. The molecule has 0 spiro atoms. The van der Waals surface area contributed by atoms with Crippen molar-refractivity contribution >= 4 is 0 Å². The zero-order valence-electron chi connectivity index (χ0n) is 11.0. The number of furan rings is 1. The van der Waals surface area contributed by atoms with E-state index in [1.54, 1.807) is 12.3 Å². The van der Waals surface area contributed by atoms with Crippen LogP contribution in [0.1, 0.15) is 35.4 Å². The molecule has 1 atom stereocenters. The lowest BCUT2D eigenvalue weighted by Gasteiger charge is -2.18. The van der Waals surface area contributed by atoms with E-state index in [2.05, 4.69) is 5.32 Å². The van der Waals surface area contributed by atoms with Crippen LogP contribution in [0.4, 0.5) is 4.39 Å². The summed E-state index contributed by atoms with van der Waals surface area (Å²) in [4.78, 5) is 0. The van der Waals surface area contributed by atoms with Crippen LogP contribution in [0, 0.1) is 19.7 Å². The fourth-order valence-corrected chi connectivity index (χ4v) is 2.24. The molecular weight excluding hydrogens is 229 g/mol. The summed E-state index contributed by atoms with van der Waals surface area (Å²) in [6.07, 6.45) is 1.67. The molecule has 0 saturated heterocycles. The lowest BCUT2D eigenvalue weighted by Crippen LogP contribution is -2.22. The van der Waals surface area contributed by atoms with Gasteiger partial charge in [0.25, 0.3) is 0 Å². The minimum atomic E-state index is -0.200. The molecule has 1 aromatic carbocycles. The van der Waals surface area contributed by atoms with E-state index in [4.69, 9.17) is 4.42 Å². The van der Waals surface area contributed by atoms with Crippen molar-refractivity contribution in [2.45, 2.75) is 26.8 Å². The Balaban J connectivity index is 2.44. The highest BCUT2D eigenvalue weighted by molar-refractivity contribution is 5.35. The molecule has 1 heterocycles. The van der Waals surface area contributed by atoms with Gasteiger partial charge in [0.15, 0.2) is 0 Å². The zero-order valence-corrected chi connectivity index (χ0v) is 11.0. The predicted molar refractivity (Wildman–Crippen MR) is 70.1 cm³/mol. The van der Waals surface area contributed by atoms with E-state index < -0.39 is 0 Å². The monoisotopic (exact) mass is 247 g/mol. The van der Waals surface area contributed by atoms with Crippen LogP contribution in [0.15, 0.2) is 34.9 Å². The summed E-state index contributed by atoms with van der Waals surface area (Å²) < 4.78 is 18.9. The third-order valence-corrected chi connectivity index (χ3v) is 3.02. The van der Waals surface area contributed by atoms with Gasteiger partial charge >= 0.3 is 0 Å². The van der Waals surface area contributed by atoms with Gasteiger partial charge in [-0.2, -0.15) is 0 Å². The standard InChI is InChI=1S/C15H18FNO/c1-4-17-15(14-5-6-18-11(14)3)12-7-10(2)8-13(16)9-12/h5-9,15,17H,4H2,1-3H3. The summed E-state index contributed by atoms with van der Waals surface area (Å²) in [5.41, 5.74) is 2.91. The Hall–Kier alpha value is -1.61. The van der Waals surface area contributed by atoms with Gasteiger partial charge in [-0.1, -0.05) is 13.0 Å². The van der Waals surface area contributed by atoms with Gasteiger partial charge in [0.05, 0.1) is 12.3 Å². The summed E-state index contributed by atoms with van der Waals surface area (Å²) in [6.45, 7) is 6.67. The first kappa shape index (κ1) is 12.8. The molecule has 0 aliphatic heterocycles. The van der Waals surface area contributed by atoms with Crippen LogP contribution in [0.2, 0.25) is 0 Å². The highest BCUT2D eigenvalue weighted by Crippen LogP contribution is 2.26. The second-order valence-electron chi connectivity index (χ2n) is 4.48. The summed E-state index contributed by atoms with van der Waals surface area (Å²) >= 11 is 0. The van der Waals surface area contributed by atoms with Crippen molar-refractivity contribution in [3.8, 4) is 0 Å². The van der Waals surface area contributed by atoms with Gasteiger partial charge in [-0.15, -0.1) is 0 Å². The fraction of sp³-hybridized carbons (Fsp3) is 0.333.